The van der Waals surface area contributed by atoms with E-state index in [1.165, 1.54) is 30.6 Å². The van der Waals surface area contributed by atoms with Gasteiger partial charge in [-0.05, 0) is 43.4 Å². The van der Waals surface area contributed by atoms with Crippen molar-refractivity contribution in [2.45, 2.75) is 33.7 Å². The second-order valence-corrected chi connectivity index (χ2v) is 5.73. The molecule has 2 rings (SSSR count). The van der Waals surface area contributed by atoms with Gasteiger partial charge in [-0.2, -0.15) is 0 Å². The van der Waals surface area contributed by atoms with Crippen molar-refractivity contribution < 1.29 is 0 Å². The van der Waals surface area contributed by atoms with Crippen molar-refractivity contribution in [2.24, 2.45) is 11.8 Å². The largest absolute Gasteiger partial charge is 0.398 e. The van der Waals surface area contributed by atoms with E-state index in [0.29, 0.717) is 0 Å². The Morgan fingerprint density at radius 2 is 2.18 bits per heavy atom. The molecule has 0 aliphatic carbocycles. The maximum atomic E-state index is 6.04. The maximum Gasteiger partial charge on any atom is 0.0359 e. The summed E-state index contributed by atoms with van der Waals surface area (Å²) in [6, 6.07) is 6.33. The maximum absolute atomic E-state index is 6.04. The Morgan fingerprint density at radius 1 is 1.41 bits per heavy atom. The number of rotatable bonds is 3. The number of aryl methyl sites for hydroxylation is 1. The summed E-state index contributed by atoms with van der Waals surface area (Å²) in [6.45, 7) is 10.2. The van der Waals surface area contributed by atoms with Crippen LogP contribution in [0, 0.1) is 18.8 Å². The fourth-order valence-corrected chi connectivity index (χ4v) is 2.66. The summed E-state index contributed by atoms with van der Waals surface area (Å²) in [5.41, 5.74) is 9.56. The number of nitrogens with two attached hydrogens (primary N) is 1. The molecular formula is C15H24N2. The van der Waals surface area contributed by atoms with Gasteiger partial charge in [0.05, 0.1) is 0 Å². The molecule has 17 heavy (non-hydrogen) atoms. The molecule has 1 aromatic carbocycles. The molecule has 1 atom stereocenters. The first-order valence-electron chi connectivity index (χ1n) is 6.63. The van der Waals surface area contributed by atoms with Crippen LogP contribution in [0.15, 0.2) is 18.2 Å². The molecule has 2 nitrogen and oxygen atoms in total. The van der Waals surface area contributed by atoms with E-state index >= 15 is 0 Å². The first kappa shape index (κ1) is 12.4. The van der Waals surface area contributed by atoms with Gasteiger partial charge in [-0.15, -0.1) is 0 Å². The van der Waals surface area contributed by atoms with Crippen LogP contribution >= 0.6 is 0 Å². The zero-order chi connectivity index (χ0) is 12.4. The molecule has 1 aliphatic heterocycles. The minimum Gasteiger partial charge on any atom is -0.398 e. The van der Waals surface area contributed by atoms with Gasteiger partial charge in [0.15, 0.2) is 0 Å². The van der Waals surface area contributed by atoms with E-state index in [1.54, 1.807) is 0 Å². The monoisotopic (exact) mass is 232 g/mol. The van der Waals surface area contributed by atoms with Gasteiger partial charge < -0.3 is 5.73 Å². The number of likely N-dealkylation sites (tertiary alicyclic amines) is 1. The normalized spacial score (nSPS) is 21.3. The number of hydrogen-bond donors (Lipinski definition) is 1. The second kappa shape index (κ2) is 5.09. The second-order valence-electron chi connectivity index (χ2n) is 5.73. The van der Waals surface area contributed by atoms with Gasteiger partial charge in [0.25, 0.3) is 0 Å². The molecule has 0 amide bonds. The van der Waals surface area contributed by atoms with Crippen LogP contribution in [-0.4, -0.2) is 18.0 Å². The topological polar surface area (TPSA) is 29.3 Å². The van der Waals surface area contributed by atoms with Crippen molar-refractivity contribution in [2.75, 3.05) is 18.8 Å². The predicted octanol–water partition coefficient (Wildman–Crippen LogP) is 3.06. The van der Waals surface area contributed by atoms with Crippen LogP contribution in [0.2, 0.25) is 0 Å². The highest BCUT2D eigenvalue weighted by Gasteiger charge is 2.24. The fraction of sp³-hybridized carbons (Fsp3) is 0.600. The van der Waals surface area contributed by atoms with E-state index in [1.807, 2.05) is 6.07 Å². The summed E-state index contributed by atoms with van der Waals surface area (Å²) in [5.74, 6) is 1.66. The predicted molar refractivity (Wildman–Crippen MR) is 73.8 cm³/mol. The Bertz CT molecular complexity index is 385. The van der Waals surface area contributed by atoms with E-state index in [-0.39, 0.29) is 0 Å². The molecule has 94 valence electrons. The molecular weight excluding hydrogens is 208 g/mol. The highest BCUT2D eigenvalue weighted by Crippen LogP contribution is 2.26. The summed E-state index contributed by atoms with van der Waals surface area (Å²) in [5, 5.41) is 0. The van der Waals surface area contributed by atoms with Crippen LogP contribution in [-0.2, 0) is 6.54 Å². The molecule has 0 saturated carbocycles. The molecule has 2 N–H and O–H groups in total. The Balaban J connectivity index is 2.00. The zero-order valence-corrected chi connectivity index (χ0v) is 11.2. The third-order valence-electron chi connectivity index (χ3n) is 3.94. The van der Waals surface area contributed by atoms with Gasteiger partial charge >= 0.3 is 0 Å². The Hall–Kier alpha value is -1.02. The molecule has 2 heteroatoms. The average Bonchev–Trinajstić information content (AvgIpc) is 2.72. The van der Waals surface area contributed by atoms with E-state index in [9.17, 15) is 0 Å². The van der Waals surface area contributed by atoms with Crippen molar-refractivity contribution in [3.05, 3.63) is 29.3 Å². The average molecular weight is 232 g/mol. The molecule has 1 unspecified atom stereocenters. The molecule has 1 heterocycles. The molecule has 1 aromatic rings. The zero-order valence-electron chi connectivity index (χ0n) is 11.2. The first-order valence-corrected chi connectivity index (χ1v) is 6.63. The molecule has 1 saturated heterocycles. The summed E-state index contributed by atoms with van der Waals surface area (Å²) in [7, 11) is 0. The van der Waals surface area contributed by atoms with Crippen LogP contribution in [0.1, 0.15) is 31.4 Å². The number of nitrogens with zero attached hydrogens (tertiary/aromatic N) is 1. The van der Waals surface area contributed by atoms with Crippen LogP contribution in [0.3, 0.4) is 0 Å². The van der Waals surface area contributed by atoms with Crippen LogP contribution in [0.25, 0.3) is 0 Å². The van der Waals surface area contributed by atoms with Crippen molar-refractivity contribution in [1.29, 1.82) is 0 Å². The molecule has 1 fully saturated rings. The van der Waals surface area contributed by atoms with Crippen molar-refractivity contribution >= 4 is 5.69 Å². The van der Waals surface area contributed by atoms with E-state index in [4.69, 9.17) is 5.73 Å². The number of nitrogen functional groups attached to an aromatic ring is 1. The Kier molecular flexibility index (Phi) is 3.72. The lowest BCUT2D eigenvalue weighted by atomic mass is 9.95. The highest BCUT2D eigenvalue weighted by molar-refractivity contribution is 5.48. The van der Waals surface area contributed by atoms with Crippen molar-refractivity contribution in [3.63, 3.8) is 0 Å². The summed E-state index contributed by atoms with van der Waals surface area (Å²) < 4.78 is 0. The van der Waals surface area contributed by atoms with E-state index in [0.717, 1.165) is 24.1 Å². The smallest absolute Gasteiger partial charge is 0.0359 e. The summed E-state index contributed by atoms with van der Waals surface area (Å²) in [4.78, 5) is 2.54. The summed E-state index contributed by atoms with van der Waals surface area (Å²) >= 11 is 0. The third kappa shape index (κ3) is 3.01. The molecule has 0 spiro atoms. The molecule has 0 bridgehead atoms. The SMILES string of the molecule is Cc1ccc(N)c(CN2CCC(C(C)C)C2)c1. The number of anilines is 1. The lowest BCUT2D eigenvalue weighted by molar-refractivity contribution is 0.297. The molecule has 0 radical (unpaired) electrons. The number of benzene rings is 1. The molecule has 1 aliphatic rings. The van der Waals surface area contributed by atoms with Gasteiger partial charge in [0, 0.05) is 18.8 Å². The van der Waals surface area contributed by atoms with Crippen molar-refractivity contribution in [3.8, 4) is 0 Å². The minimum atomic E-state index is 0.801. The highest BCUT2D eigenvalue weighted by atomic mass is 15.1. The summed E-state index contributed by atoms with van der Waals surface area (Å²) in [6.07, 6.45) is 1.34. The quantitative estimate of drug-likeness (QED) is 0.812. The fourth-order valence-electron chi connectivity index (χ4n) is 2.66. The van der Waals surface area contributed by atoms with Gasteiger partial charge in [-0.1, -0.05) is 31.5 Å². The van der Waals surface area contributed by atoms with E-state index < -0.39 is 0 Å². The van der Waals surface area contributed by atoms with Crippen LogP contribution < -0.4 is 5.73 Å². The third-order valence-corrected chi connectivity index (χ3v) is 3.94. The number of hydrogen-bond acceptors (Lipinski definition) is 2. The lowest BCUT2D eigenvalue weighted by Crippen LogP contribution is -2.22. The first-order chi connectivity index (χ1) is 8.06. The minimum absolute atomic E-state index is 0.801. The van der Waals surface area contributed by atoms with Crippen LogP contribution in [0.5, 0.6) is 0 Å². The van der Waals surface area contributed by atoms with Gasteiger partial charge in [0.2, 0.25) is 0 Å². The Labute approximate surface area is 105 Å². The van der Waals surface area contributed by atoms with Gasteiger partial charge in [0.1, 0.15) is 0 Å². The van der Waals surface area contributed by atoms with Crippen molar-refractivity contribution in [1.82, 2.24) is 4.90 Å². The lowest BCUT2D eigenvalue weighted by Gasteiger charge is -2.19. The van der Waals surface area contributed by atoms with Crippen LogP contribution in [0.4, 0.5) is 5.69 Å². The molecule has 0 aromatic heterocycles. The van der Waals surface area contributed by atoms with Gasteiger partial charge in [-0.3, -0.25) is 4.90 Å². The standard InChI is InChI=1S/C15H24N2/c1-11(2)13-6-7-17(9-13)10-14-8-12(3)4-5-15(14)16/h4-5,8,11,13H,6-7,9-10,16H2,1-3H3. The van der Waals surface area contributed by atoms with E-state index in [2.05, 4.69) is 37.8 Å². The van der Waals surface area contributed by atoms with Gasteiger partial charge in [-0.25, -0.2) is 0 Å². The Morgan fingerprint density at radius 3 is 2.82 bits per heavy atom.